The number of carbonyl (C=O) groups excluding carboxylic acids is 1. The smallest absolute Gasteiger partial charge is 0.168 e. The van der Waals surface area contributed by atoms with Crippen LogP contribution in [0.4, 0.5) is 0 Å². The summed E-state index contributed by atoms with van der Waals surface area (Å²) in [6.45, 7) is 2.67. The van der Waals surface area contributed by atoms with Crippen molar-refractivity contribution in [2.75, 3.05) is 6.61 Å². The summed E-state index contributed by atoms with van der Waals surface area (Å²) >= 11 is 3.40. The molecule has 1 aromatic heterocycles. The molecule has 1 aromatic carbocycles. The van der Waals surface area contributed by atoms with Gasteiger partial charge >= 0.3 is 0 Å². The second-order valence-electron chi connectivity index (χ2n) is 4.49. The zero-order chi connectivity index (χ0) is 14.4. The van der Waals surface area contributed by atoms with E-state index in [9.17, 15) is 4.79 Å². The fourth-order valence-electron chi connectivity index (χ4n) is 1.80. The van der Waals surface area contributed by atoms with Crippen molar-refractivity contribution in [3.05, 3.63) is 58.3 Å². The molecule has 20 heavy (non-hydrogen) atoms. The van der Waals surface area contributed by atoms with E-state index in [-0.39, 0.29) is 5.78 Å². The lowest BCUT2D eigenvalue weighted by atomic mass is 10.0. The van der Waals surface area contributed by atoms with Crippen molar-refractivity contribution < 1.29 is 9.53 Å². The quantitative estimate of drug-likeness (QED) is 0.748. The number of hydrogen-bond donors (Lipinski definition) is 0. The molecule has 2 aromatic rings. The number of ketones is 1. The highest BCUT2D eigenvalue weighted by molar-refractivity contribution is 9.10. The molecule has 2 rings (SSSR count). The Bertz CT molecular complexity index is 599. The number of hydrogen-bond acceptors (Lipinski definition) is 3. The topological polar surface area (TPSA) is 39.2 Å². The average molecular weight is 334 g/mol. The first-order valence-electron chi connectivity index (χ1n) is 6.54. The van der Waals surface area contributed by atoms with Crippen LogP contribution in [0.3, 0.4) is 0 Å². The molecule has 3 nitrogen and oxygen atoms in total. The van der Waals surface area contributed by atoms with E-state index < -0.39 is 0 Å². The third-order valence-corrected chi connectivity index (χ3v) is 3.25. The van der Waals surface area contributed by atoms with Gasteiger partial charge in [0.25, 0.3) is 0 Å². The predicted octanol–water partition coefficient (Wildman–Crippen LogP) is 4.06. The lowest BCUT2D eigenvalue weighted by molar-refractivity contribution is 0.0992. The van der Waals surface area contributed by atoms with Gasteiger partial charge in [0.05, 0.1) is 12.8 Å². The van der Waals surface area contributed by atoms with Gasteiger partial charge in [0, 0.05) is 22.7 Å². The largest absolute Gasteiger partial charge is 0.492 e. The Morgan fingerprint density at radius 3 is 2.90 bits per heavy atom. The molecule has 0 fully saturated rings. The van der Waals surface area contributed by atoms with Crippen LogP contribution in [0.25, 0.3) is 0 Å². The van der Waals surface area contributed by atoms with Crippen molar-refractivity contribution in [1.29, 1.82) is 0 Å². The van der Waals surface area contributed by atoms with E-state index in [4.69, 9.17) is 4.74 Å². The predicted molar refractivity (Wildman–Crippen MR) is 82.2 cm³/mol. The minimum atomic E-state index is 0.0394. The van der Waals surface area contributed by atoms with Crippen molar-refractivity contribution in [1.82, 2.24) is 4.98 Å². The van der Waals surface area contributed by atoms with Crippen molar-refractivity contribution in [2.45, 2.75) is 19.8 Å². The van der Waals surface area contributed by atoms with Crippen molar-refractivity contribution in [3.63, 3.8) is 0 Å². The van der Waals surface area contributed by atoms with Crippen molar-refractivity contribution in [2.24, 2.45) is 0 Å². The summed E-state index contributed by atoms with van der Waals surface area (Å²) in [7, 11) is 0. The summed E-state index contributed by atoms with van der Waals surface area (Å²) in [5.74, 6) is 0.685. The molecule has 4 heteroatoms. The Labute approximate surface area is 127 Å². The zero-order valence-electron chi connectivity index (χ0n) is 11.3. The molecule has 1 heterocycles. The standard InChI is InChI=1S/C16H16BrNO2/c1-2-6-20-15-9-13(10-18-11-15)16(19)8-12-4-3-5-14(17)7-12/h3-5,7,9-11H,2,6,8H2,1H3. The van der Waals surface area contributed by atoms with E-state index in [1.165, 1.54) is 0 Å². The molecule has 0 N–H and O–H groups in total. The third-order valence-electron chi connectivity index (χ3n) is 2.76. The number of halogens is 1. The van der Waals surface area contributed by atoms with Crippen LogP contribution in [0.15, 0.2) is 47.2 Å². The summed E-state index contributed by atoms with van der Waals surface area (Å²) in [6.07, 6.45) is 4.50. The molecule has 0 aliphatic carbocycles. The van der Waals surface area contributed by atoms with Crippen LogP contribution in [0.2, 0.25) is 0 Å². The number of aromatic nitrogens is 1. The molecule has 0 aliphatic heterocycles. The molecule has 0 saturated heterocycles. The first-order chi connectivity index (χ1) is 9.69. The second kappa shape index (κ2) is 7.20. The summed E-state index contributed by atoms with van der Waals surface area (Å²) in [5, 5.41) is 0. The van der Waals surface area contributed by atoms with Gasteiger partial charge in [-0.2, -0.15) is 0 Å². The lowest BCUT2D eigenvalue weighted by Crippen LogP contribution is -2.05. The maximum Gasteiger partial charge on any atom is 0.168 e. The molecular formula is C16H16BrNO2. The fourth-order valence-corrected chi connectivity index (χ4v) is 2.25. The molecule has 0 aliphatic rings. The maximum absolute atomic E-state index is 12.2. The number of ether oxygens (including phenoxy) is 1. The van der Waals surface area contributed by atoms with E-state index in [1.807, 2.05) is 31.2 Å². The molecule has 0 spiro atoms. The third kappa shape index (κ3) is 4.17. The van der Waals surface area contributed by atoms with Crippen LogP contribution >= 0.6 is 15.9 Å². The Balaban J connectivity index is 2.09. The van der Waals surface area contributed by atoms with Gasteiger partial charge in [-0.15, -0.1) is 0 Å². The summed E-state index contributed by atoms with van der Waals surface area (Å²) in [6, 6.07) is 9.50. The number of nitrogens with zero attached hydrogens (tertiary/aromatic N) is 1. The molecule has 104 valence electrons. The van der Waals surface area contributed by atoms with Gasteiger partial charge in [-0.1, -0.05) is 35.0 Å². The van der Waals surface area contributed by atoms with Gasteiger partial charge in [0.15, 0.2) is 5.78 Å². The van der Waals surface area contributed by atoms with Gasteiger partial charge in [-0.05, 0) is 30.2 Å². The highest BCUT2D eigenvalue weighted by Crippen LogP contribution is 2.16. The van der Waals surface area contributed by atoms with Crippen molar-refractivity contribution in [3.8, 4) is 5.75 Å². The summed E-state index contributed by atoms with van der Waals surface area (Å²) < 4.78 is 6.47. The normalized spacial score (nSPS) is 10.3. The number of pyridine rings is 1. The number of rotatable bonds is 6. The van der Waals surface area contributed by atoms with E-state index in [1.54, 1.807) is 18.5 Å². The van der Waals surface area contributed by atoms with Crippen LogP contribution in [0, 0.1) is 0 Å². The number of Topliss-reactive ketones (excluding diaryl/α,β-unsaturated/α-hetero) is 1. The van der Waals surface area contributed by atoms with Crippen LogP contribution in [-0.4, -0.2) is 17.4 Å². The summed E-state index contributed by atoms with van der Waals surface area (Å²) in [4.78, 5) is 16.3. The van der Waals surface area contributed by atoms with E-state index >= 15 is 0 Å². The zero-order valence-corrected chi connectivity index (χ0v) is 12.9. The fraction of sp³-hybridized carbons (Fsp3) is 0.250. The Hall–Kier alpha value is -1.68. The minimum absolute atomic E-state index is 0.0394. The highest BCUT2D eigenvalue weighted by atomic mass is 79.9. The molecule has 0 bridgehead atoms. The highest BCUT2D eigenvalue weighted by Gasteiger charge is 2.09. The molecule has 0 radical (unpaired) electrons. The second-order valence-corrected chi connectivity index (χ2v) is 5.40. The maximum atomic E-state index is 12.2. The molecule has 0 atom stereocenters. The monoisotopic (exact) mass is 333 g/mol. The molecule has 0 amide bonds. The lowest BCUT2D eigenvalue weighted by Gasteiger charge is -2.06. The first kappa shape index (κ1) is 14.7. The SMILES string of the molecule is CCCOc1cncc(C(=O)Cc2cccc(Br)c2)c1. The van der Waals surface area contributed by atoms with E-state index in [0.29, 0.717) is 24.3 Å². The number of carbonyl (C=O) groups is 1. The number of benzene rings is 1. The Morgan fingerprint density at radius 1 is 1.30 bits per heavy atom. The molecular weight excluding hydrogens is 318 g/mol. The van der Waals surface area contributed by atoms with Gasteiger partial charge in [0.2, 0.25) is 0 Å². The Morgan fingerprint density at radius 2 is 2.15 bits per heavy atom. The summed E-state index contributed by atoms with van der Waals surface area (Å²) in [5.41, 5.74) is 1.56. The molecule has 0 saturated carbocycles. The Kier molecular flexibility index (Phi) is 5.30. The van der Waals surface area contributed by atoms with Crippen LogP contribution in [0.1, 0.15) is 29.3 Å². The van der Waals surface area contributed by atoms with Gasteiger partial charge in [-0.25, -0.2) is 0 Å². The van der Waals surface area contributed by atoms with E-state index in [2.05, 4.69) is 20.9 Å². The van der Waals surface area contributed by atoms with Gasteiger partial charge < -0.3 is 4.74 Å². The van der Waals surface area contributed by atoms with Crippen molar-refractivity contribution >= 4 is 21.7 Å². The first-order valence-corrected chi connectivity index (χ1v) is 7.34. The average Bonchev–Trinajstić information content (AvgIpc) is 2.45. The van der Waals surface area contributed by atoms with Gasteiger partial charge in [-0.3, -0.25) is 9.78 Å². The van der Waals surface area contributed by atoms with E-state index in [0.717, 1.165) is 16.5 Å². The van der Waals surface area contributed by atoms with Crippen LogP contribution in [-0.2, 0) is 6.42 Å². The molecule has 0 unspecified atom stereocenters. The van der Waals surface area contributed by atoms with Gasteiger partial charge in [0.1, 0.15) is 5.75 Å². The van der Waals surface area contributed by atoms with Crippen LogP contribution < -0.4 is 4.74 Å². The minimum Gasteiger partial charge on any atom is -0.492 e. The van der Waals surface area contributed by atoms with Crippen LogP contribution in [0.5, 0.6) is 5.75 Å².